The van der Waals surface area contributed by atoms with Gasteiger partial charge in [0.15, 0.2) is 5.03 Å². The van der Waals surface area contributed by atoms with Gasteiger partial charge in [-0.1, -0.05) is 6.92 Å². The number of hydrogen-bond donors (Lipinski definition) is 3. The van der Waals surface area contributed by atoms with E-state index in [2.05, 4.69) is 19.4 Å². The monoisotopic (exact) mass is 296 g/mol. The molecular weight excluding hydrogens is 280 g/mol. The van der Waals surface area contributed by atoms with Crippen LogP contribution in [0, 0.1) is 0 Å². The number of nitrogens with zero attached hydrogens (tertiary/aromatic N) is 1. The van der Waals surface area contributed by atoms with Crippen LogP contribution in [0.4, 0.5) is 0 Å². The standard InChI is InChI=1S/C8H16N4O4S2/c1-3-7-9-6-8(12-7)18(15,16)11-5-4-10-17(2,13)14/h6,10-11H,3-5H2,1-2H3,(H,9,12). The lowest BCUT2D eigenvalue weighted by molar-refractivity contribution is 0.571. The molecule has 0 unspecified atom stereocenters. The fourth-order valence-corrected chi connectivity index (χ4v) is 2.60. The molecule has 0 amide bonds. The summed E-state index contributed by atoms with van der Waals surface area (Å²) in [6.45, 7) is 1.81. The van der Waals surface area contributed by atoms with E-state index < -0.39 is 20.0 Å². The smallest absolute Gasteiger partial charge is 0.257 e. The van der Waals surface area contributed by atoms with Crippen LogP contribution in [0.2, 0.25) is 0 Å². The predicted molar refractivity (Wildman–Crippen MR) is 66.0 cm³/mol. The number of aryl methyl sites for hydroxylation is 1. The molecule has 0 aliphatic rings. The molecule has 0 radical (unpaired) electrons. The molecule has 10 heteroatoms. The molecule has 0 aliphatic carbocycles. The van der Waals surface area contributed by atoms with Crippen LogP contribution < -0.4 is 9.44 Å². The summed E-state index contributed by atoms with van der Waals surface area (Å²) in [7, 11) is -6.98. The van der Waals surface area contributed by atoms with Gasteiger partial charge in [-0.25, -0.2) is 31.3 Å². The van der Waals surface area contributed by atoms with Crippen LogP contribution in [0.15, 0.2) is 11.2 Å². The van der Waals surface area contributed by atoms with Gasteiger partial charge in [0.25, 0.3) is 10.0 Å². The number of rotatable bonds is 7. The van der Waals surface area contributed by atoms with E-state index in [4.69, 9.17) is 0 Å². The number of sulfonamides is 2. The van der Waals surface area contributed by atoms with Crippen molar-refractivity contribution in [1.82, 2.24) is 19.4 Å². The Hall–Kier alpha value is -0.970. The molecule has 1 aromatic heterocycles. The van der Waals surface area contributed by atoms with E-state index in [0.717, 1.165) is 6.26 Å². The number of imidazole rings is 1. The lowest BCUT2D eigenvalue weighted by Crippen LogP contribution is -2.34. The van der Waals surface area contributed by atoms with E-state index >= 15 is 0 Å². The fraction of sp³-hybridized carbons (Fsp3) is 0.625. The Morgan fingerprint density at radius 2 is 1.83 bits per heavy atom. The van der Waals surface area contributed by atoms with Gasteiger partial charge in [-0.05, 0) is 0 Å². The first-order valence-electron chi connectivity index (χ1n) is 5.23. The number of H-pyrrole nitrogens is 1. The van der Waals surface area contributed by atoms with Crippen LogP contribution in [0.5, 0.6) is 0 Å². The van der Waals surface area contributed by atoms with Crippen LogP contribution in [0.1, 0.15) is 12.7 Å². The molecule has 104 valence electrons. The van der Waals surface area contributed by atoms with Gasteiger partial charge in [0.2, 0.25) is 10.0 Å². The molecule has 1 aromatic rings. The van der Waals surface area contributed by atoms with Crippen LogP contribution in [0.25, 0.3) is 0 Å². The second-order valence-corrected chi connectivity index (χ2v) is 7.18. The Balaban J connectivity index is 2.55. The zero-order valence-corrected chi connectivity index (χ0v) is 11.7. The molecule has 18 heavy (non-hydrogen) atoms. The molecule has 0 bridgehead atoms. The first-order valence-corrected chi connectivity index (χ1v) is 8.60. The average molecular weight is 296 g/mol. The van der Waals surface area contributed by atoms with Crippen LogP contribution in [-0.2, 0) is 26.5 Å². The van der Waals surface area contributed by atoms with Crippen molar-refractivity contribution in [2.75, 3.05) is 19.3 Å². The summed E-state index contributed by atoms with van der Waals surface area (Å²) in [6.07, 6.45) is 2.83. The summed E-state index contributed by atoms with van der Waals surface area (Å²) in [5.41, 5.74) is 0. The van der Waals surface area contributed by atoms with E-state index in [1.54, 1.807) is 0 Å². The van der Waals surface area contributed by atoms with Crippen molar-refractivity contribution < 1.29 is 16.8 Å². The molecular formula is C8H16N4O4S2. The normalized spacial score (nSPS) is 12.8. The quantitative estimate of drug-likeness (QED) is 0.546. The number of hydrogen-bond acceptors (Lipinski definition) is 5. The number of nitrogens with one attached hydrogen (secondary N) is 3. The van der Waals surface area contributed by atoms with Crippen molar-refractivity contribution in [3.8, 4) is 0 Å². The molecule has 1 rings (SSSR count). The molecule has 1 heterocycles. The molecule has 0 aromatic carbocycles. The topological polar surface area (TPSA) is 121 Å². The molecule has 8 nitrogen and oxygen atoms in total. The van der Waals surface area contributed by atoms with Crippen molar-refractivity contribution >= 4 is 20.0 Å². The Morgan fingerprint density at radius 3 is 2.33 bits per heavy atom. The summed E-state index contributed by atoms with van der Waals surface area (Å²) < 4.78 is 49.4. The summed E-state index contributed by atoms with van der Waals surface area (Å²) >= 11 is 0. The third-order valence-electron chi connectivity index (χ3n) is 2.01. The largest absolute Gasteiger partial charge is 0.332 e. The molecule has 0 fully saturated rings. The third-order valence-corrected chi connectivity index (χ3v) is 4.11. The Labute approximate surface area is 106 Å². The lowest BCUT2D eigenvalue weighted by Gasteiger charge is -2.04. The van der Waals surface area contributed by atoms with Crippen molar-refractivity contribution in [3.63, 3.8) is 0 Å². The summed E-state index contributed by atoms with van der Waals surface area (Å²) in [6, 6.07) is 0. The predicted octanol–water partition coefficient (Wildman–Crippen LogP) is -1.20. The van der Waals surface area contributed by atoms with Crippen molar-refractivity contribution in [2.45, 2.75) is 18.4 Å². The summed E-state index contributed by atoms with van der Waals surface area (Å²) in [4.78, 5) is 6.54. The van der Waals surface area contributed by atoms with E-state index in [0.29, 0.717) is 12.2 Å². The zero-order valence-electron chi connectivity index (χ0n) is 10.1. The maximum atomic E-state index is 11.7. The van der Waals surface area contributed by atoms with E-state index in [1.807, 2.05) is 6.92 Å². The van der Waals surface area contributed by atoms with Gasteiger partial charge in [-0.2, -0.15) is 0 Å². The molecule has 0 aliphatic heterocycles. The average Bonchev–Trinajstić information content (AvgIpc) is 2.72. The van der Waals surface area contributed by atoms with Crippen molar-refractivity contribution in [1.29, 1.82) is 0 Å². The SMILES string of the molecule is CCc1ncc(S(=O)(=O)NCCNS(C)(=O)=O)[nH]1. The summed E-state index contributed by atoms with van der Waals surface area (Å²) in [5.74, 6) is 0.574. The first-order chi connectivity index (χ1) is 8.24. The van der Waals surface area contributed by atoms with Gasteiger partial charge in [0, 0.05) is 19.5 Å². The van der Waals surface area contributed by atoms with Crippen molar-refractivity contribution in [2.24, 2.45) is 0 Å². The zero-order chi connectivity index (χ0) is 13.8. The first kappa shape index (κ1) is 15.1. The highest BCUT2D eigenvalue weighted by molar-refractivity contribution is 7.89. The number of aromatic amines is 1. The minimum Gasteiger partial charge on any atom is -0.332 e. The van der Waals surface area contributed by atoms with Gasteiger partial charge in [0.1, 0.15) is 5.82 Å². The third kappa shape index (κ3) is 4.72. The second-order valence-electron chi connectivity index (χ2n) is 3.61. The fourth-order valence-electron chi connectivity index (χ4n) is 1.16. The van der Waals surface area contributed by atoms with Gasteiger partial charge < -0.3 is 4.98 Å². The van der Waals surface area contributed by atoms with E-state index in [1.165, 1.54) is 6.20 Å². The molecule has 0 atom stereocenters. The van der Waals surface area contributed by atoms with Gasteiger partial charge in [-0.3, -0.25) is 0 Å². The van der Waals surface area contributed by atoms with E-state index in [9.17, 15) is 16.8 Å². The Morgan fingerprint density at radius 1 is 1.22 bits per heavy atom. The lowest BCUT2D eigenvalue weighted by atomic mass is 10.5. The molecule has 0 spiro atoms. The minimum absolute atomic E-state index is 0.00711. The molecule has 3 N–H and O–H groups in total. The highest BCUT2D eigenvalue weighted by Gasteiger charge is 2.16. The van der Waals surface area contributed by atoms with Gasteiger partial charge >= 0.3 is 0 Å². The Bertz CT molecular complexity index is 590. The van der Waals surface area contributed by atoms with Gasteiger partial charge in [-0.15, -0.1) is 0 Å². The highest BCUT2D eigenvalue weighted by atomic mass is 32.2. The highest BCUT2D eigenvalue weighted by Crippen LogP contribution is 2.05. The van der Waals surface area contributed by atoms with Crippen LogP contribution in [-0.4, -0.2) is 46.1 Å². The van der Waals surface area contributed by atoms with Crippen molar-refractivity contribution in [3.05, 3.63) is 12.0 Å². The molecule has 0 saturated carbocycles. The Kier molecular flexibility index (Phi) is 4.85. The van der Waals surface area contributed by atoms with Gasteiger partial charge in [0.05, 0.1) is 12.5 Å². The summed E-state index contributed by atoms with van der Waals surface area (Å²) in [5, 5.41) is -0.0290. The second kappa shape index (κ2) is 5.78. The van der Waals surface area contributed by atoms with E-state index in [-0.39, 0.29) is 18.1 Å². The molecule has 0 saturated heterocycles. The van der Waals surface area contributed by atoms with Crippen LogP contribution in [0.3, 0.4) is 0 Å². The maximum Gasteiger partial charge on any atom is 0.257 e. The minimum atomic E-state index is -3.67. The maximum absolute atomic E-state index is 11.7. The van der Waals surface area contributed by atoms with Crippen LogP contribution >= 0.6 is 0 Å². The number of aromatic nitrogens is 2.